The Kier molecular flexibility index (Phi) is 6.61. The second-order valence-corrected chi connectivity index (χ2v) is 10.5. The first-order valence-corrected chi connectivity index (χ1v) is 12.0. The summed E-state index contributed by atoms with van der Waals surface area (Å²) in [4.78, 5) is 7.58. The number of fused-ring (bicyclic) bond motifs is 3. The molecule has 2 heterocycles. The van der Waals surface area contributed by atoms with Crippen LogP contribution in [0.25, 0.3) is 10.9 Å². The molecule has 5 heteroatoms. The predicted octanol–water partition coefficient (Wildman–Crippen LogP) is 5.30. The Balaban J connectivity index is 1.60. The molecule has 0 spiro atoms. The van der Waals surface area contributed by atoms with Gasteiger partial charge in [0.25, 0.3) is 0 Å². The number of likely N-dealkylation sites (tertiary alicyclic amines) is 1. The molecule has 1 N–H and O–H groups in total. The van der Waals surface area contributed by atoms with Crippen molar-refractivity contribution in [2.75, 3.05) is 45.2 Å². The highest BCUT2D eigenvalue weighted by atomic mass is 16.5. The maximum absolute atomic E-state index is 6.18. The molecule has 2 aliphatic rings. The molecule has 1 aliphatic carbocycles. The summed E-state index contributed by atoms with van der Waals surface area (Å²) in [5, 5.41) is 4.82. The summed E-state index contributed by atoms with van der Waals surface area (Å²) in [5.74, 6) is 3.24. The standard InChI is InChI=1S/C26H39N3O2/c1-18(2)17-27-25-21-16-26(3,4)15-20(21)19-13-23(30-5)24(14-22(19)28-25)31-12-8-11-29-9-6-7-10-29/h13-14,18H,6-12,15-17H2,1-5H3,(H,27,28). The van der Waals surface area contributed by atoms with E-state index in [-0.39, 0.29) is 5.41 Å². The second kappa shape index (κ2) is 9.23. The molecular formula is C26H39N3O2. The Labute approximate surface area is 187 Å². The molecule has 0 saturated carbocycles. The summed E-state index contributed by atoms with van der Waals surface area (Å²) in [6.07, 6.45) is 5.83. The summed E-state index contributed by atoms with van der Waals surface area (Å²) in [7, 11) is 1.73. The van der Waals surface area contributed by atoms with E-state index < -0.39 is 0 Å². The van der Waals surface area contributed by atoms with Crippen molar-refractivity contribution in [1.82, 2.24) is 9.88 Å². The van der Waals surface area contributed by atoms with Crippen molar-refractivity contribution >= 4 is 16.7 Å². The molecule has 0 bridgehead atoms. The van der Waals surface area contributed by atoms with Crippen LogP contribution >= 0.6 is 0 Å². The van der Waals surface area contributed by atoms with Crippen molar-refractivity contribution in [3.05, 3.63) is 23.3 Å². The van der Waals surface area contributed by atoms with E-state index in [0.717, 1.165) is 55.2 Å². The summed E-state index contributed by atoms with van der Waals surface area (Å²) in [6, 6.07) is 4.22. The minimum absolute atomic E-state index is 0.255. The molecule has 1 aromatic heterocycles. The van der Waals surface area contributed by atoms with E-state index in [1.54, 1.807) is 7.11 Å². The van der Waals surface area contributed by atoms with Gasteiger partial charge in [0.05, 0.1) is 19.2 Å². The van der Waals surface area contributed by atoms with E-state index in [1.165, 1.54) is 42.4 Å². The highest BCUT2D eigenvalue weighted by Crippen LogP contribution is 2.44. The van der Waals surface area contributed by atoms with Gasteiger partial charge < -0.3 is 19.7 Å². The third-order valence-electron chi connectivity index (χ3n) is 6.55. The number of methoxy groups -OCH3 is 1. The Morgan fingerprint density at radius 3 is 2.55 bits per heavy atom. The molecular weight excluding hydrogens is 386 g/mol. The van der Waals surface area contributed by atoms with Gasteiger partial charge in [0.1, 0.15) is 5.82 Å². The zero-order valence-electron chi connectivity index (χ0n) is 20.0. The fourth-order valence-electron chi connectivity index (χ4n) is 4.98. The van der Waals surface area contributed by atoms with Gasteiger partial charge in [-0.05, 0) is 73.7 Å². The third kappa shape index (κ3) is 5.08. The van der Waals surface area contributed by atoms with Crippen LogP contribution in [-0.4, -0.2) is 49.8 Å². The fraction of sp³-hybridized carbons (Fsp3) is 0.654. The van der Waals surface area contributed by atoms with Crippen molar-refractivity contribution in [2.24, 2.45) is 11.3 Å². The highest BCUT2D eigenvalue weighted by molar-refractivity contribution is 5.89. The lowest BCUT2D eigenvalue weighted by molar-refractivity contribution is 0.254. The van der Waals surface area contributed by atoms with E-state index in [4.69, 9.17) is 14.5 Å². The Hall–Kier alpha value is -2.01. The fourth-order valence-corrected chi connectivity index (χ4v) is 4.98. The SMILES string of the molecule is COc1cc2c3c(c(NCC(C)C)nc2cc1OCCCN1CCCC1)CC(C)(C)C3. The number of pyridine rings is 1. The number of ether oxygens (including phenoxy) is 2. The van der Waals surface area contributed by atoms with E-state index in [1.807, 2.05) is 0 Å². The van der Waals surface area contributed by atoms with Crippen molar-refractivity contribution in [2.45, 2.75) is 59.8 Å². The smallest absolute Gasteiger partial charge is 0.163 e. The van der Waals surface area contributed by atoms with Gasteiger partial charge in [-0.25, -0.2) is 4.98 Å². The summed E-state index contributed by atoms with van der Waals surface area (Å²) >= 11 is 0. The van der Waals surface area contributed by atoms with Gasteiger partial charge in [-0.2, -0.15) is 0 Å². The molecule has 1 saturated heterocycles. The van der Waals surface area contributed by atoms with Gasteiger partial charge in [-0.1, -0.05) is 27.7 Å². The van der Waals surface area contributed by atoms with Gasteiger partial charge in [0.2, 0.25) is 0 Å². The summed E-state index contributed by atoms with van der Waals surface area (Å²) < 4.78 is 11.9. The molecule has 1 fully saturated rings. The lowest BCUT2D eigenvalue weighted by atomic mass is 9.90. The average Bonchev–Trinajstić information content (AvgIpc) is 3.35. The maximum Gasteiger partial charge on any atom is 0.163 e. The van der Waals surface area contributed by atoms with E-state index in [9.17, 15) is 0 Å². The Morgan fingerprint density at radius 1 is 1.10 bits per heavy atom. The number of nitrogens with zero attached hydrogens (tertiary/aromatic N) is 2. The van der Waals surface area contributed by atoms with Crippen LogP contribution in [-0.2, 0) is 12.8 Å². The van der Waals surface area contributed by atoms with Crippen LogP contribution < -0.4 is 14.8 Å². The number of rotatable bonds is 9. The predicted molar refractivity (Wildman–Crippen MR) is 129 cm³/mol. The van der Waals surface area contributed by atoms with E-state index >= 15 is 0 Å². The molecule has 2 aromatic rings. The molecule has 0 radical (unpaired) electrons. The monoisotopic (exact) mass is 425 g/mol. The number of hydrogen-bond acceptors (Lipinski definition) is 5. The number of benzene rings is 1. The molecule has 170 valence electrons. The number of aromatic nitrogens is 1. The summed E-state index contributed by atoms with van der Waals surface area (Å²) in [5.41, 5.74) is 4.04. The zero-order valence-corrected chi connectivity index (χ0v) is 20.0. The molecule has 0 unspecified atom stereocenters. The molecule has 1 aromatic carbocycles. The summed E-state index contributed by atoms with van der Waals surface area (Å²) in [6.45, 7) is 14.4. The largest absolute Gasteiger partial charge is 0.493 e. The van der Waals surface area contributed by atoms with Crippen molar-refractivity contribution in [3.8, 4) is 11.5 Å². The number of hydrogen-bond donors (Lipinski definition) is 1. The van der Waals surface area contributed by atoms with Crippen molar-refractivity contribution in [1.29, 1.82) is 0 Å². The topological polar surface area (TPSA) is 46.6 Å². The number of anilines is 1. The quantitative estimate of drug-likeness (QED) is 0.552. The van der Waals surface area contributed by atoms with Gasteiger partial charge >= 0.3 is 0 Å². The first-order valence-electron chi connectivity index (χ1n) is 12.0. The number of nitrogens with one attached hydrogen (secondary N) is 1. The molecule has 4 rings (SSSR count). The highest BCUT2D eigenvalue weighted by Gasteiger charge is 2.33. The first kappa shape index (κ1) is 22.2. The van der Waals surface area contributed by atoms with Crippen LogP contribution in [0.2, 0.25) is 0 Å². The van der Waals surface area contributed by atoms with Crippen LogP contribution in [0.4, 0.5) is 5.82 Å². The molecule has 5 nitrogen and oxygen atoms in total. The van der Waals surface area contributed by atoms with Crippen LogP contribution in [0.1, 0.15) is 58.1 Å². The average molecular weight is 426 g/mol. The lowest BCUT2D eigenvalue weighted by Crippen LogP contribution is -2.21. The minimum Gasteiger partial charge on any atom is -0.493 e. The van der Waals surface area contributed by atoms with Crippen molar-refractivity contribution in [3.63, 3.8) is 0 Å². The van der Waals surface area contributed by atoms with Gasteiger partial charge in [-0.3, -0.25) is 0 Å². The zero-order chi connectivity index (χ0) is 22.0. The molecule has 31 heavy (non-hydrogen) atoms. The van der Waals surface area contributed by atoms with Crippen LogP contribution in [0.15, 0.2) is 12.1 Å². The molecule has 1 aliphatic heterocycles. The second-order valence-electron chi connectivity index (χ2n) is 10.5. The van der Waals surface area contributed by atoms with Crippen LogP contribution in [0, 0.1) is 11.3 Å². The van der Waals surface area contributed by atoms with Crippen molar-refractivity contribution < 1.29 is 9.47 Å². The normalized spacial score (nSPS) is 18.0. The van der Waals surface area contributed by atoms with E-state index in [2.05, 4.69) is 50.0 Å². The Morgan fingerprint density at radius 2 is 1.84 bits per heavy atom. The van der Waals surface area contributed by atoms with Gasteiger partial charge in [0.15, 0.2) is 11.5 Å². The van der Waals surface area contributed by atoms with Gasteiger partial charge in [0, 0.05) is 24.5 Å². The lowest BCUT2D eigenvalue weighted by Gasteiger charge is -2.18. The third-order valence-corrected chi connectivity index (χ3v) is 6.55. The molecule has 0 atom stereocenters. The minimum atomic E-state index is 0.255. The van der Waals surface area contributed by atoms with Crippen LogP contribution in [0.5, 0.6) is 11.5 Å². The molecule has 0 amide bonds. The van der Waals surface area contributed by atoms with Gasteiger partial charge in [-0.15, -0.1) is 0 Å². The van der Waals surface area contributed by atoms with Crippen LogP contribution in [0.3, 0.4) is 0 Å². The Bertz CT molecular complexity index is 917. The first-order chi connectivity index (χ1) is 14.9. The maximum atomic E-state index is 6.18. The van der Waals surface area contributed by atoms with E-state index in [0.29, 0.717) is 12.5 Å².